The van der Waals surface area contributed by atoms with Crippen LogP contribution in [0.4, 0.5) is 11.4 Å². The van der Waals surface area contributed by atoms with Gasteiger partial charge in [0.15, 0.2) is 12.3 Å². The van der Waals surface area contributed by atoms with Crippen LogP contribution in [-0.2, 0) is 20.4 Å². The summed E-state index contributed by atoms with van der Waals surface area (Å²) in [5.74, 6) is -3.91. The van der Waals surface area contributed by atoms with E-state index in [1.165, 1.54) is 12.1 Å². The first-order valence-electron chi connectivity index (χ1n) is 14.5. The Morgan fingerprint density at radius 1 is 0.733 bits per heavy atom. The van der Waals surface area contributed by atoms with Gasteiger partial charge in [-0.2, -0.15) is 4.58 Å². The fourth-order valence-electron chi connectivity index (χ4n) is 6.00. The van der Waals surface area contributed by atoms with Gasteiger partial charge in [-0.1, -0.05) is 44.2 Å². The molecule has 0 saturated heterocycles. The lowest BCUT2D eigenvalue weighted by atomic mass is 9.81. The van der Waals surface area contributed by atoms with Gasteiger partial charge < -0.3 is 25.3 Å². The van der Waals surface area contributed by atoms with Crippen molar-refractivity contribution < 1.29 is 44.2 Å². The van der Waals surface area contributed by atoms with Gasteiger partial charge in [0, 0.05) is 41.1 Å². The van der Waals surface area contributed by atoms with Crippen LogP contribution < -0.4 is 4.90 Å². The van der Waals surface area contributed by atoms with Crippen molar-refractivity contribution in [3.05, 3.63) is 107 Å². The lowest BCUT2D eigenvalue weighted by molar-refractivity contribution is -0.436. The fourth-order valence-corrected chi connectivity index (χ4v) is 6.00. The number of carboxylic acid groups (broad SMARTS) is 4. The highest BCUT2D eigenvalue weighted by atomic mass is 16.4. The minimum Gasteiger partial charge on any atom is -0.481 e. The molecule has 0 radical (unpaired) electrons. The number of rotatable bonds is 12. The summed E-state index contributed by atoms with van der Waals surface area (Å²) in [6, 6.07) is 9.77. The van der Waals surface area contributed by atoms with Crippen molar-refractivity contribution in [2.75, 3.05) is 18.0 Å². The Balaban J connectivity index is 1.59. The molecule has 0 unspecified atom stereocenters. The molecular formula is C35H37N2O8+. The smallest absolute Gasteiger partial charge is 0.335 e. The largest absolute Gasteiger partial charge is 0.481 e. The molecule has 0 bridgehead atoms. The molecule has 10 nitrogen and oxygen atoms in total. The Hall–Kier alpha value is -5.25. The monoisotopic (exact) mass is 613 g/mol. The van der Waals surface area contributed by atoms with E-state index in [1.54, 1.807) is 24.3 Å². The van der Waals surface area contributed by atoms with E-state index in [4.69, 9.17) is 0 Å². The fraction of sp³-hybridized carbons (Fsp3) is 0.286. The number of benzene rings is 2. The maximum Gasteiger partial charge on any atom is 0.335 e. The van der Waals surface area contributed by atoms with E-state index < -0.39 is 34.7 Å². The number of aliphatic carboxylic acids is 2. The molecule has 0 saturated carbocycles. The molecule has 0 aliphatic carbocycles. The van der Waals surface area contributed by atoms with Crippen LogP contribution in [0.2, 0.25) is 0 Å². The average molecular weight is 614 g/mol. The second-order valence-electron chi connectivity index (χ2n) is 12.0. The summed E-state index contributed by atoms with van der Waals surface area (Å²) < 4.78 is 1.92. The normalized spacial score (nSPS) is 17.5. The van der Waals surface area contributed by atoms with Crippen LogP contribution in [0.5, 0.6) is 0 Å². The highest BCUT2D eigenvalue weighted by Gasteiger charge is 2.45. The van der Waals surface area contributed by atoms with Crippen LogP contribution >= 0.6 is 0 Å². The number of carboxylic acids is 4. The van der Waals surface area contributed by atoms with E-state index in [9.17, 15) is 39.6 Å². The van der Waals surface area contributed by atoms with Gasteiger partial charge in [-0.05, 0) is 55.8 Å². The number of aromatic carboxylic acids is 2. The molecule has 2 aromatic carbocycles. The van der Waals surface area contributed by atoms with Crippen molar-refractivity contribution in [3.8, 4) is 0 Å². The molecule has 2 aliphatic rings. The Morgan fingerprint density at radius 3 is 1.93 bits per heavy atom. The van der Waals surface area contributed by atoms with Gasteiger partial charge in [-0.3, -0.25) is 9.59 Å². The highest BCUT2D eigenvalue weighted by molar-refractivity contribution is 6.04. The van der Waals surface area contributed by atoms with Crippen LogP contribution in [0.15, 0.2) is 84.6 Å². The van der Waals surface area contributed by atoms with Crippen molar-refractivity contribution in [3.63, 3.8) is 0 Å². The lowest BCUT2D eigenvalue weighted by Crippen LogP contribution is -2.28. The summed E-state index contributed by atoms with van der Waals surface area (Å²) in [7, 11) is 0. The molecule has 234 valence electrons. The second kappa shape index (κ2) is 12.8. The summed E-state index contributed by atoms with van der Waals surface area (Å²) in [5, 5.41) is 37.6. The van der Waals surface area contributed by atoms with Gasteiger partial charge in [0.05, 0.1) is 23.0 Å². The van der Waals surface area contributed by atoms with E-state index in [1.807, 2.05) is 79.7 Å². The number of nitrogens with zero attached hydrogens (tertiary/aromatic N) is 2. The molecule has 0 amide bonds. The molecule has 0 atom stereocenters. The third-order valence-corrected chi connectivity index (χ3v) is 8.33. The summed E-state index contributed by atoms with van der Waals surface area (Å²) in [6.45, 7) is 8.38. The van der Waals surface area contributed by atoms with Crippen LogP contribution in [-0.4, -0.2) is 67.7 Å². The van der Waals surface area contributed by atoms with E-state index in [0.717, 1.165) is 33.9 Å². The maximum absolute atomic E-state index is 11.6. The molecule has 4 rings (SSSR count). The quantitative estimate of drug-likeness (QED) is 0.173. The van der Waals surface area contributed by atoms with Gasteiger partial charge in [0.25, 0.3) is 0 Å². The number of fused-ring (bicyclic) bond motifs is 2. The molecule has 2 aromatic rings. The molecule has 4 N–H and O–H groups in total. The molecule has 2 heterocycles. The van der Waals surface area contributed by atoms with Gasteiger partial charge in [-0.25, -0.2) is 9.59 Å². The van der Waals surface area contributed by atoms with Crippen LogP contribution in [0, 0.1) is 0 Å². The van der Waals surface area contributed by atoms with E-state index in [2.05, 4.69) is 0 Å². The van der Waals surface area contributed by atoms with Crippen LogP contribution in [0.25, 0.3) is 0 Å². The van der Waals surface area contributed by atoms with Crippen molar-refractivity contribution in [2.45, 2.75) is 51.4 Å². The first-order chi connectivity index (χ1) is 21.2. The summed E-state index contributed by atoms with van der Waals surface area (Å²) in [5.41, 5.74) is 4.09. The zero-order valence-corrected chi connectivity index (χ0v) is 25.7. The number of allylic oxidation sites excluding steroid dienone is 8. The van der Waals surface area contributed by atoms with Crippen molar-refractivity contribution in [1.29, 1.82) is 0 Å². The highest BCUT2D eigenvalue weighted by Crippen LogP contribution is 2.48. The number of anilines is 1. The molecule has 10 heteroatoms. The van der Waals surface area contributed by atoms with Crippen molar-refractivity contribution in [1.82, 2.24) is 0 Å². The number of carbonyl (C=O) groups is 4. The van der Waals surface area contributed by atoms with Gasteiger partial charge >= 0.3 is 23.9 Å². The molecule has 0 aromatic heterocycles. The zero-order chi connectivity index (χ0) is 33.1. The average Bonchev–Trinajstić information content (AvgIpc) is 3.31. The summed E-state index contributed by atoms with van der Waals surface area (Å²) in [4.78, 5) is 47.8. The lowest BCUT2D eigenvalue weighted by Gasteiger charge is -2.26. The zero-order valence-electron chi connectivity index (χ0n) is 25.7. The standard InChI is InChI=1S/C35H36N2O8/c1-34(2)24-20-22(32(42)43)12-14-26(24)36(18-16-30(38)39)28(34)10-8-6-5-7-9-11-29-35(3,4)25-21-23(33(44)45)13-15-27(25)37(29)19-17-31(40)41/h5-15,20-21H,16-19H2,1-4H3,(H3-,38,39,40,41,42,43,44,45)/p+1. The van der Waals surface area contributed by atoms with Crippen LogP contribution in [0.3, 0.4) is 0 Å². The van der Waals surface area contributed by atoms with E-state index >= 15 is 0 Å². The van der Waals surface area contributed by atoms with E-state index in [0.29, 0.717) is 0 Å². The number of hydrogen-bond donors (Lipinski definition) is 4. The summed E-state index contributed by atoms with van der Waals surface area (Å²) in [6.07, 6.45) is 12.8. The first-order valence-corrected chi connectivity index (χ1v) is 14.5. The molecule has 0 fully saturated rings. The predicted octanol–water partition coefficient (Wildman–Crippen LogP) is 5.76. The third-order valence-electron chi connectivity index (χ3n) is 8.33. The van der Waals surface area contributed by atoms with Gasteiger partial charge in [-0.15, -0.1) is 0 Å². The Bertz CT molecular complexity index is 1720. The Kier molecular flexibility index (Phi) is 9.27. The summed E-state index contributed by atoms with van der Waals surface area (Å²) >= 11 is 0. The third kappa shape index (κ3) is 6.64. The molecule has 0 spiro atoms. The maximum atomic E-state index is 11.6. The van der Waals surface area contributed by atoms with Crippen molar-refractivity contribution >= 4 is 41.0 Å². The topological polar surface area (TPSA) is 155 Å². The molecule has 45 heavy (non-hydrogen) atoms. The Labute approximate surface area is 261 Å². The Morgan fingerprint density at radius 2 is 1.31 bits per heavy atom. The minimum absolute atomic E-state index is 0.0812. The van der Waals surface area contributed by atoms with Gasteiger partial charge in [0.2, 0.25) is 5.69 Å². The SMILES string of the molecule is CC1(C)C(/C=C/C=C/C=C/C=C2/N(CCC(=O)O)c3ccc(C(=O)O)cc3C2(C)C)=[N+](CCC(=O)O)c2ccc(C(=O)O)cc21. The second-order valence-corrected chi connectivity index (χ2v) is 12.0. The minimum atomic E-state index is -1.03. The van der Waals surface area contributed by atoms with Gasteiger partial charge in [0.1, 0.15) is 6.42 Å². The van der Waals surface area contributed by atoms with Crippen LogP contribution in [0.1, 0.15) is 72.4 Å². The molecular weight excluding hydrogens is 576 g/mol. The van der Waals surface area contributed by atoms with E-state index in [-0.39, 0.29) is 37.1 Å². The predicted molar refractivity (Wildman–Crippen MR) is 170 cm³/mol. The molecule has 2 aliphatic heterocycles. The number of hydrogen-bond acceptors (Lipinski definition) is 5. The van der Waals surface area contributed by atoms with Crippen molar-refractivity contribution in [2.24, 2.45) is 0 Å². The first kappa shape index (κ1) is 32.7.